The number of hydrogen-bond donors (Lipinski definition) is 1. The van der Waals surface area contributed by atoms with Gasteiger partial charge in [0.25, 0.3) is 5.56 Å². The lowest BCUT2D eigenvalue weighted by molar-refractivity contribution is -0.116. The number of aryl methyl sites for hydroxylation is 2. The first-order valence-corrected chi connectivity index (χ1v) is 10.2. The Hall–Kier alpha value is -2.96. The van der Waals surface area contributed by atoms with E-state index in [0.29, 0.717) is 20.9 Å². The van der Waals surface area contributed by atoms with Crippen LogP contribution in [0, 0.1) is 13.8 Å². The third-order valence-corrected chi connectivity index (χ3v) is 5.94. The SMILES string of the molecule is Cc1cc(Cl)ccc1NC(=O)Cn1cnc2sc(C)c(-c3ccccc3)c2c1=O. The Kier molecular flexibility index (Phi) is 5.22. The van der Waals surface area contributed by atoms with Gasteiger partial charge in [-0.05, 0) is 43.2 Å². The molecule has 0 spiro atoms. The van der Waals surface area contributed by atoms with Gasteiger partial charge in [0.15, 0.2) is 0 Å². The molecule has 7 heteroatoms. The third kappa shape index (κ3) is 3.81. The van der Waals surface area contributed by atoms with Gasteiger partial charge in [-0.15, -0.1) is 11.3 Å². The van der Waals surface area contributed by atoms with E-state index in [4.69, 9.17) is 11.6 Å². The van der Waals surface area contributed by atoms with Gasteiger partial charge in [-0.25, -0.2) is 4.98 Å². The molecule has 2 heterocycles. The van der Waals surface area contributed by atoms with Gasteiger partial charge in [-0.2, -0.15) is 0 Å². The molecule has 1 N–H and O–H groups in total. The first-order valence-electron chi connectivity index (χ1n) is 9.04. The molecular weight excluding hydrogens is 406 g/mol. The predicted molar refractivity (Wildman–Crippen MR) is 119 cm³/mol. The molecule has 0 aliphatic heterocycles. The van der Waals surface area contributed by atoms with E-state index >= 15 is 0 Å². The van der Waals surface area contributed by atoms with Gasteiger partial charge in [0.1, 0.15) is 11.4 Å². The van der Waals surface area contributed by atoms with Crippen molar-refractivity contribution in [3.8, 4) is 11.1 Å². The lowest BCUT2D eigenvalue weighted by atomic mass is 10.0. The number of benzene rings is 2. The van der Waals surface area contributed by atoms with Gasteiger partial charge >= 0.3 is 0 Å². The molecule has 146 valence electrons. The highest BCUT2D eigenvalue weighted by Crippen LogP contribution is 2.35. The van der Waals surface area contributed by atoms with Crippen LogP contribution >= 0.6 is 22.9 Å². The average Bonchev–Trinajstić information content (AvgIpc) is 3.04. The van der Waals surface area contributed by atoms with Gasteiger partial charge in [0.2, 0.25) is 5.91 Å². The summed E-state index contributed by atoms with van der Waals surface area (Å²) in [5.74, 6) is -0.299. The molecule has 2 aromatic heterocycles. The lowest BCUT2D eigenvalue weighted by Crippen LogP contribution is -2.28. The smallest absolute Gasteiger partial charge is 0.263 e. The summed E-state index contributed by atoms with van der Waals surface area (Å²) in [7, 11) is 0. The minimum Gasteiger partial charge on any atom is -0.324 e. The van der Waals surface area contributed by atoms with Crippen molar-refractivity contribution in [2.75, 3.05) is 5.32 Å². The quantitative estimate of drug-likeness (QED) is 0.500. The summed E-state index contributed by atoms with van der Waals surface area (Å²) < 4.78 is 1.35. The zero-order valence-corrected chi connectivity index (χ0v) is 17.5. The van der Waals surface area contributed by atoms with E-state index in [2.05, 4.69) is 10.3 Å². The predicted octanol–water partition coefficient (Wildman–Crippen LogP) is 5.03. The second-order valence-corrected chi connectivity index (χ2v) is 8.40. The summed E-state index contributed by atoms with van der Waals surface area (Å²) >= 11 is 7.45. The fourth-order valence-corrected chi connectivity index (χ4v) is 4.54. The molecule has 0 atom stereocenters. The number of thiophene rings is 1. The largest absolute Gasteiger partial charge is 0.324 e. The Balaban J connectivity index is 1.69. The molecule has 2 aromatic carbocycles. The summed E-state index contributed by atoms with van der Waals surface area (Å²) in [4.78, 5) is 31.8. The summed E-state index contributed by atoms with van der Waals surface area (Å²) in [5.41, 5.74) is 3.14. The van der Waals surface area contributed by atoms with Crippen molar-refractivity contribution in [3.63, 3.8) is 0 Å². The molecular formula is C22H18ClN3O2S. The number of hydrogen-bond acceptors (Lipinski definition) is 4. The van der Waals surface area contributed by atoms with Crippen LogP contribution in [0.2, 0.25) is 5.02 Å². The standard InChI is InChI=1S/C22H18ClN3O2S/c1-13-10-16(23)8-9-17(13)25-18(27)11-26-12-24-21-20(22(26)28)19(14(2)29-21)15-6-4-3-5-7-15/h3-10,12H,11H2,1-2H3,(H,25,27). The van der Waals surface area contributed by atoms with E-state index in [1.165, 1.54) is 22.2 Å². The molecule has 0 unspecified atom stereocenters. The molecule has 0 fully saturated rings. The fraction of sp³-hybridized carbons (Fsp3) is 0.136. The molecule has 0 saturated heterocycles. The third-order valence-electron chi connectivity index (χ3n) is 4.69. The van der Waals surface area contributed by atoms with Crippen LogP contribution in [0.3, 0.4) is 0 Å². The van der Waals surface area contributed by atoms with Crippen LogP contribution in [-0.4, -0.2) is 15.5 Å². The van der Waals surface area contributed by atoms with Gasteiger partial charge < -0.3 is 5.32 Å². The van der Waals surface area contributed by atoms with Crippen molar-refractivity contribution in [2.24, 2.45) is 0 Å². The number of aromatic nitrogens is 2. The monoisotopic (exact) mass is 423 g/mol. The minimum absolute atomic E-state index is 0.118. The van der Waals surface area contributed by atoms with Crippen LogP contribution in [0.5, 0.6) is 0 Å². The maximum absolute atomic E-state index is 13.2. The second-order valence-electron chi connectivity index (χ2n) is 6.76. The highest BCUT2D eigenvalue weighted by atomic mass is 35.5. The van der Waals surface area contributed by atoms with Crippen LogP contribution in [0.4, 0.5) is 5.69 Å². The second kappa shape index (κ2) is 7.81. The van der Waals surface area contributed by atoms with E-state index < -0.39 is 0 Å². The molecule has 0 bridgehead atoms. The number of carbonyl (C=O) groups excluding carboxylic acids is 1. The highest BCUT2D eigenvalue weighted by Gasteiger charge is 2.17. The number of amides is 1. The summed E-state index contributed by atoms with van der Waals surface area (Å²) in [6, 6.07) is 15.0. The van der Waals surface area contributed by atoms with Gasteiger partial charge in [-0.1, -0.05) is 41.9 Å². The van der Waals surface area contributed by atoms with Crippen molar-refractivity contribution in [1.82, 2.24) is 9.55 Å². The van der Waals surface area contributed by atoms with Gasteiger partial charge in [0, 0.05) is 21.2 Å². The molecule has 0 aliphatic carbocycles. The van der Waals surface area contributed by atoms with Crippen molar-refractivity contribution in [3.05, 3.63) is 80.7 Å². The van der Waals surface area contributed by atoms with Gasteiger partial charge in [-0.3, -0.25) is 14.2 Å². The van der Waals surface area contributed by atoms with Crippen molar-refractivity contribution in [1.29, 1.82) is 0 Å². The Morgan fingerprint density at radius 1 is 1.17 bits per heavy atom. The van der Waals surface area contributed by atoms with Crippen LogP contribution in [-0.2, 0) is 11.3 Å². The van der Waals surface area contributed by atoms with E-state index in [0.717, 1.165) is 21.6 Å². The molecule has 4 rings (SSSR count). The Bertz CT molecular complexity index is 1280. The number of nitrogens with one attached hydrogen (secondary N) is 1. The lowest BCUT2D eigenvalue weighted by Gasteiger charge is -2.10. The van der Waals surface area contributed by atoms with E-state index in [1.807, 2.05) is 44.2 Å². The first-order chi connectivity index (χ1) is 13.9. The first kappa shape index (κ1) is 19.4. The Morgan fingerprint density at radius 3 is 2.66 bits per heavy atom. The number of nitrogens with zero attached hydrogens (tertiary/aromatic N) is 2. The summed E-state index contributed by atoms with van der Waals surface area (Å²) in [6.07, 6.45) is 1.43. The minimum atomic E-state index is -0.299. The number of fused-ring (bicyclic) bond motifs is 1. The molecule has 5 nitrogen and oxygen atoms in total. The molecule has 1 amide bonds. The molecule has 0 radical (unpaired) electrons. The molecule has 29 heavy (non-hydrogen) atoms. The zero-order chi connectivity index (χ0) is 20.5. The Morgan fingerprint density at radius 2 is 1.93 bits per heavy atom. The van der Waals surface area contributed by atoms with Crippen LogP contribution in [0.15, 0.2) is 59.7 Å². The van der Waals surface area contributed by atoms with Crippen molar-refractivity contribution < 1.29 is 4.79 Å². The molecule has 0 aliphatic rings. The van der Waals surface area contributed by atoms with Crippen molar-refractivity contribution in [2.45, 2.75) is 20.4 Å². The zero-order valence-electron chi connectivity index (χ0n) is 15.9. The number of carbonyl (C=O) groups is 1. The fourth-order valence-electron chi connectivity index (χ4n) is 3.31. The molecule has 4 aromatic rings. The number of halogens is 1. The van der Waals surface area contributed by atoms with Crippen LogP contribution in [0.1, 0.15) is 10.4 Å². The number of anilines is 1. The Labute approximate surface area is 176 Å². The topological polar surface area (TPSA) is 64.0 Å². The summed E-state index contributed by atoms with van der Waals surface area (Å²) in [6.45, 7) is 3.73. The van der Waals surface area contributed by atoms with E-state index in [-0.39, 0.29) is 18.0 Å². The van der Waals surface area contributed by atoms with Crippen molar-refractivity contribution >= 4 is 44.7 Å². The van der Waals surface area contributed by atoms with Gasteiger partial charge in [0.05, 0.1) is 11.7 Å². The van der Waals surface area contributed by atoms with E-state index in [1.54, 1.807) is 18.2 Å². The average molecular weight is 424 g/mol. The normalized spacial score (nSPS) is 11.0. The van der Waals surface area contributed by atoms with Crippen LogP contribution < -0.4 is 10.9 Å². The van der Waals surface area contributed by atoms with E-state index in [9.17, 15) is 9.59 Å². The maximum atomic E-state index is 13.2. The number of rotatable bonds is 4. The molecule has 0 saturated carbocycles. The maximum Gasteiger partial charge on any atom is 0.263 e. The summed E-state index contributed by atoms with van der Waals surface area (Å²) in [5, 5.41) is 3.99. The highest BCUT2D eigenvalue weighted by molar-refractivity contribution is 7.19. The van der Waals surface area contributed by atoms with Crippen LogP contribution in [0.25, 0.3) is 21.3 Å².